The summed E-state index contributed by atoms with van der Waals surface area (Å²) >= 11 is 0. The van der Waals surface area contributed by atoms with Crippen LogP contribution in [-0.4, -0.2) is 37.8 Å². The number of anilines is 1. The number of nitrogen functional groups attached to an aromatic ring is 1. The molecule has 0 amide bonds. The molecule has 1 aliphatic heterocycles. The summed E-state index contributed by atoms with van der Waals surface area (Å²) in [6, 6.07) is 14.5. The topological polar surface area (TPSA) is 95.0 Å². The Bertz CT molecular complexity index is 1480. The van der Waals surface area contributed by atoms with Crippen molar-refractivity contribution in [3.63, 3.8) is 0 Å². The first kappa shape index (κ1) is 18.6. The standard InChI is InChI=1S/C24H21N7O/c1-15-2-4-20-19(8-15)23(28-13-27-20)30-6-7-32-22-5-3-16(9-18(22)12-30)17-10-21-24(26-11-17)31(25)14-29-21/h2-5,8-11,13-14H,6-7,12,25H2,1H3. The summed E-state index contributed by atoms with van der Waals surface area (Å²) in [6.07, 6.45) is 5.02. The SMILES string of the molecule is Cc1ccc2ncnc(N3CCOc4ccc(-c5cnc6c(c5)ncn6N)cc4C3)c2c1. The molecule has 0 aliphatic carbocycles. The number of imidazole rings is 1. The average molecular weight is 423 g/mol. The maximum Gasteiger partial charge on any atom is 0.178 e. The van der Waals surface area contributed by atoms with Gasteiger partial charge in [-0.1, -0.05) is 17.7 Å². The third-order valence-electron chi connectivity index (χ3n) is 5.86. The van der Waals surface area contributed by atoms with E-state index in [1.54, 1.807) is 12.7 Å². The minimum Gasteiger partial charge on any atom is -0.491 e. The first-order valence-corrected chi connectivity index (χ1v) is 10.5. The summed E-state index contributed by atoms with van der Waals surface area (Å²) in [6.45, 7) is 4.11. The number of rotatable bonds is 2. The number of aromatic nitrogens is 5. The smallest absolute Gasteiger partial charge is 0.178 e. The van der Waals surface area contributed by atoms with E-state index in [0.717, 1.165) is 51.2 Å². The van der Waals surface area contributed by atoms with Crippen molar-refractivity contribution < 1.29 is 4.74 Å². The second-order valence-corrected chi connectivity index (χ2v) is 8.03. The predicted octanol–water partition coefficient (Wildman–Crippen LogP) is 3.46. The molecule has 0 radical (unpaired) electrons. The van der Waals surface area contributed by atoms with Gasteiger partial charge < -0.3 is 15.5 Å². The molecule has 0 spiro atoms. The van der Waals surface area contributed by atoms with Crippen molar-refractivity contribution >= 4 is 27.9 Å². The van der Waals surface area contributed by atoms with Crippen molar-refractivity contribution in [2.24, 2.45) is 0 Å². The molecule has 3 aromatic heterocycles. The average Bonchev–Trinajstić information content (AvgIpc) is 3.05. The van der Waals surface area contributed by atoms with Gasteiger partial charge in [0.2, 0.25) is 0 Å². The van der Waals surface area contributed by atoms with Gasteiger partial charge in [0.05, 0.1) is 12.1 Å². The molecule has 2 aromatic carbocycles. The van der Waals surface area contributed by atoms with E-state index in [2.05, 4.69) is 56.0 Å². The van der Waals surface area contributed by atoms with Gasteiger partial charge in [0.25, 0.3) is 0 Å². The first-order valence-electron chi connectivity index (χ1n) is 10.5. The van der Waals surface area contributed by atoms with Crippen LogP contribution in [0.2, 0.25) is 0 Å². The van der Waals surface area contributed by atoms with Crippen LogP contribution in [0.3, 0.4) is 0 Å². The summed E-state index contributed by atoms with van der Waals surface area (Å²) in [7, 11) is 0. The number of nitrogens with two attached hydrogens (primary N) is 1. The van der Waals surface area contributed by atoms with E-state index in [1.165, 1.54) is 10.2 Å². The minimum atomic E-state index is 0.588. The lowest BCUT2D eigenvalue weighted by Gasteiger charge is -2.22. The third-order valence-corrected chi connectivity index (χ3v) is 5.86. The molecule has 0 saturated heterocycles. The molecule has 0 unspecified atom stereocenters. The molecule has 4 heterocycles. The lowest BCUT2D eigenvalue weighted by atomic mass is 10.0. The largest absolute Gasteiger partial charge is 0.491 e. The highest BCUT2D eigenvalue weighted by Gasteiger charge is 2.20. The van der Waals surface area contributed by atoms with Gasteiger partial charge in [-0.3, -0.25) is 0 Å². The molecule has 32 heavy (non-hydrogen) atoms. The van der Waals surface area contributed by atoms with Crippen molar-refractivity contribution in [2.75, 3.05) is 23.9 Å². The normalized spacial score (nSPS) is 13.7. The zero-order valence-corrected chi connectivity index (χ0v) is 17.6. The van der Waals surface area contributed by atoms with Gasteiger partial charge in [-0.2, -0.15) is 0 Å². The second-order valence-electron chi connectivity index (χ2n) is 8.03. The zero-order valence-electron chi connectivity index (χ0n) is 17.6. The van der Waals surface area contributed by atoms with Crippen LogP contribution >= 0.6 is 0 Å². The second kappa shape index (κ2) is 7.19. The number of ether oxygens (including phenoxy) is 1. The first-order chi connectivity index (χ1) is 15.7. The number of hydrogen-bond donors (Lipinski definition) is 1. The molecule has 0 bridgehead atoms. The van der Waals surface area contributed by atoms with E-state index < -0.39 is 0 Å². The predicted molar refractivity (Wildman–Crippen MR) is 124 cm³/mol. The van der Waals surface area contributed by atoms with Crippen LogP contribution in [0.15, 0.2) is 61.3 Å². The maximum atomic E-state index is 6.07. The molecule has 5 aromatic rings. The minimum absolute atomic E-state index is 0.588. The monoisotopic (exact) mass is 423 g/mol. The van der Waals surface area contributed by atoms with E-state index in [1.807, 2.05) is 24.4 Å². The number of pyridine rings is 1. The lowest BCUT2D eigenvalue weighted by molar-refractivity contribution is 0.331. The molecule has 0 atom stereocenters. The Morgan fingerprint density at radius 2 is 1.88 bits per heavy atom. The Hall–Kier alpha value is -4.20. The van der Waals surface area contributed by atoms with Gasteiger partial charge in [0.1, 0.15) is 36.3 Å². The van der Waals surface area contributed by atoms with Gasteiger partial charge in [-0.05, 0) is 42.8 Å². The molecule has 0 saturated carbocycles. The highest BCUT2D eigenvalue weighted by molar-refractivity contribution is 5.90. The Labute approximate surface area is 184 Å². The molecule has 8 nitrogen and oxygen atoms in total. The molecule has 158 valence electrons. The molecule has 2 N–H and O–H groups in total. The third kappa shape index (κ3) is 3.08. The maximum absolute atomic E-state index is 6.07. The van der Waals surface area contributed by atoms with E-state index in [4.69, 9.17) is 10.6 Å². The Morgan fingerprint density at radius 1 is 0.938 bits per heavy atom. The zero-order chi connectivity index (χ0) is 21.7. The van der Waals surface area contributed by atoms with Gasteiger partial charge >= 0.3 is 0 Å². The summed E-state index contributed by atoms with van der Waals surface area (Å²) in [5.74, 6) is 7.67. The van der Waals surface area contributed by atoms with Crippen LogP contribution in [0.4, 0.5) is 5.82 Å². The molecule has 6 rings (SSSR count). The van der Waals surface area contributed by atoms with Crippen LogP contribution < -0.4 is 15.5 Å². The number of nitrogens with zero attached hydrogens (tertiary/aromatic N) is 6. The van der Waals surface area contributed by atoms with Crippen LogP contribution in [0.5, 0.6) is 5.75 Å². The molecular formula is C24H21N7O. The quantitative estimate of drug-likeness (QED) is 0.435. The van der Waals surface area contributed by atoms with E-state index in [0.29, 0.717) is 18.8 Å². The number of aryl methyl sites for hydroxylation is 1. The van der Waals surface area contributed by atoms with E-state index in [9.17, 15) is 0 Å². The van der Waals surface area contributed by atoms with Crippen LogP contribution in [-0.2, 0) is 6.54 Å². The fraction of sp³-hybridized carbons (Fsp3) is 0.167. The van der Waals surface area contributed by atoms with Gasteiger partial charge in [0.15, 0.2) is 5.65 Å². The number of fused-ring (bicyclic) bond motifs is 3. The highest BCUT2D eigenvalue weighted by atomic mass is 16.5. The Kier molecular flexibility index (Phi) is 4.17. The van der Waals surface area contributed by atoms with Crippen molar-refractivity contribution in [3.8, 4) is 16.9 Å². The van der Waals surface area contributed by atoms with E-state index in [-0.39, 0.29) is 0 Å². The van der Waals surface area contributed by atoms with Gasteiger partial charge in [-0.15, -0.1) is 0 Å². The fourth-order valence-corrected chi connectivity index (χ4v) is 4.24. The molecule has 1 aliphatic rings. The van der Waals surface area contributed by atoms with Crippen molar-refractivity contribution in [2.45, 2.75) is 13.5 Å². The van der Waals surface area contributed by atoms with Crippen LogP contribution in [0.1, 0.15) is 11.1 Å². The van der Waals surface area contributed by atoms with E-state index >= 15 is 0 Å². The summed E-state index contributed by atoms with van der Waals surface area (Å²) in [4.78, 5) is 20.1. The Morgan fingerprint density at radius 3 is 2.81 bits per heavy atom. The fourth-order valence-electron chi connectivity index (χ4n) is 4.24. The van der Waals surface area contributed by atoms with Gasteiger partial charge in [-0.25, -0.2) is 24.6 Å². The van der Waals surface area contributed by atoms with Crippen molar-refractivity contribution in [3.05, 3.63) is 72.4 Å². The highest BCUT2D eigenvalue weighted by Crippen LogP contribution is 2.33. The summed E-state index contributed by atoms with van der Waals surface area (Å²) in [5.41, 5.74) is 6.69. The van der Waals surface area contributed by atoms with Crippen LogP contribution in [0.25, 0.3) is 33.2 Å². The van der Waals surface area contributed by atoms with Crippen LogP contribution in [0, 0.1) is 6.92 Å². The van der Waals surface area contributed by atoms with Crippen molar-refractivity contribution in [1.29, 1.82) is 0 Å². The molecule has 8 heteroatoms. The Balaban J connectivity index is 1.40. The number of hydrogen-bond acceptors (Lipinski definition) is 7. The summed E-state index contributed by atoms with van der Waals surface area (Å²) < 4.78 is 7.49. The lowest BCUT2D eigenvalue weighted by Crippen LogP contribution is -2.26. The molecule has 0 fully saturated rings. The van der Waals surface area contributed by atoms with Gasteiger partial charge in [0, 0.05) is 29.3 Å². The number of benzene rings is 2. The summed E-state index contributed by atoms with van der Waals surface area (Å²) in [5, 5.41) is 1.05. The molecular weight excluding hydrogens is 402 g/mol. The van der Waals surface area contributed by atoms with Crippen molar-refractivity contribution in [1.82, 2.24) is 24.6 Å².